The Morgan fingerprint density at radius 1 is 1.14 bits per heavy atom. The molecule has 2 aromatic carbocycles. The molecule has 1 aromatic heterocycles. The summed E-state index contributed by atoms with van der Waals surface area (Å²) in [4.78, 5) is 28.8. The smallest absolute Gasteiger partial charge is 0.357 e. The van der Waals surface area contributed by atoms with Gasteiger partial charge in [-0.1, -0.05) is 0 Å². The number of ether oxygens (including phenoxy) is 2. The van der Waals surface area contributed by atoms with Crippen molar-refractivity contribution in [3.05, 3.63) is 72.6 Å². The lowest BCUT2D eigenvalue weighted by Gasteiger charge is -2.14. The molecule has 29 heavy (non-hydrogen) atoms. The molecule has 1 heterocycles. The molecule has 0 unspecified atom stereocenters. The maximum Gasteiger partial charge on any atom is 0.357 e. The van der Waals surface area contributed by atoms with Crippen molar-refractivity contribution in [3.63, 3.8) is 0 Å². The molecular formula is C21H20FN3O4. The van der Waals surface area contributed by atoms with Gasteiger partial charge in [0.25, 0.3) is 5.91 Å². The molecule has 8 heteroatoms. The number of halogens is 1. The molecule has 1 atom stereocenters. The Hall–Kier alpha value is -3.68. The van der Waals surface area contributed by atoms with Crippen molar-refractivity contribution in [3.8, 4) is 11.4 Å². The predicted octanol–water partition coefficient (Wildman–Crippen LogP) is 3.59. The summed E-state index contributed by atoms with van der Waals surface area (Å²) in [5.41, 5.74) is 1.22. The quantitative estimate of drug-likeness (QED) is 0.616. The van der Waals surface area contributed by atoms with Crippen LogP contribution in [0.4, 0.5) is 10.1 Å². The minimum atomic E-state index is -1.04. The van der Waals surface area contributed by atoms with Crippen molar-refractivity contribution >= 4 is 17.6 Å². The van der Waals surface area contributed by atoms with Gasteiger partial charge in [-0.05, 0) is 62.4 Å². The Labute approximate surface area is 167 Å². The van der Waals surface area contributed by atoms with E-state index in [-0.39, 0.29) is 5.69 Å². The van der Waals surface area contributed by atoms with E-state index in [2.05, 4.69) is 10.3 Å². The van der Waals surface area contributed by atoms with E-state index in [1.54, 1.807) is 24.3 Å². The fourth-order valence-corrected chi connectivity index (χ4v) is 2.57. The van der Waals surface area contributed by atoms with Gasteiger partial charge in [0.15, 0.2) is 11.8 Å². The average Bonchev–Trinajstić information content (AvgIpc) is 3.20. The van der Waals surface area contributed by atoms with E-state index in [9.17, 15) is 14.0 Å². The maximum atomic E-state index is 13.1. The van der Waals surface area contributed by atoms with Gasteiger partial charge in [-0.2, -0.15) is 0 Å². The lowest BCUT2D eigenvalue weighted by atomic mass is 10.2. The van der Waals surface area contributed by atoms with E-state index < -0.39 is 23.8 Å². The first-order valence-electron chi connectivity index (χ1n) is 9.01. The van der Waals surface area contributed by atoms with Gasteiger partial charge in [0, 0.05) is 11.4 Å². The zero-order chi connectivity index (χ0) is 20.8. The molecule has 7 nitrogen and oxygen atoms in total. The van der Waals surface area contributed by atoms with Crippen LogP contribution < -0.4 is 10.1 Å². The highest BCUT2D eigenvalue weighted by Gasteiger charge is 2.22. The van der Waals surface area contributed by atoms with Crippen LogP contribution in [-0.2, 0) is 9.53 Å². The Morgan fingerprint density at radius 3 is 2.48 bits per heavy atom. The third kappa shape index (κ3) is 4.98. The van der Waals surface area contributed by atoms with Crippen LogP contribution in [-0.4, -0.2) is 34.1 Å². The summed E-state index contributed by atoms with van der Waals surface area (Å²) in [7, 11) is 0. The van der Waals surface area contributed by atoms with Crippen LogP contribution in [0.3, 0.4) is 0 Å². The van der Waals surface area contributed by atoms with Gasteiger partial charge in [-0.25, -0.2) is 14.2 Å². The fraction of sp³-hybridized carbons (Fsp3) is 0.190. The van der Waals surface area contributed by atoms with Crippen LogP contribution in [0.25, 0.3) is 5.69 Å². The summed E-state index contributed by atoms with van der Waals surface area (Å²) in [5, 5.41) is 2.68. The van der Waals surface area contributed by atoms with Crippen molar-refractivity contribution in [2.75, 3.05) is 11.9 Å². The largest absolute Gasteiger partial charge is 0.494 e. The van der Waals surface area contributed by atoms with Crippen LogP contribution in [0.1, 0.15) is 24.3 Å². The first-order valence-corrected chi connectivity index (χ1v) is 9.01. The summed E-state index contributed by atoms with van der Waals surface area (Å²) in [5.74, 6) is -0.895. The number of rotatable bonds is 7. The minimum Gasteiger partial charge on any atom is -0.494 e. The summed E-state index contributed by atoms with van der Waals surface area (Å²) < 4.78 is 25.2. The highest BCUT2D eigenvalue weighted by Crippen LogP contribution is 2.17. The second-order valence-corrected chi connectivity index (χ2v) is 6.12. The number of anilines is 1. The number of aromatic nitrogens is 2. The maximum absolute atomic E-state index is 13.1. The highest BCUT2D eigenvalue weighted by atomic mass is 19.1. The van der Waals surface area contributed by atoms with Crippen LogP contribution in [0.5, 0.6) is 5.75 Å². The predicted molar refractivity (Wildman–Crippen MR) is 105 cm³/mol. The second-order valence-electron chi connectivity index (χ2n) is 6.12. The van der Waals surface area contributed by atoms with Gasteiger partial charge in [-0.3, -0.25) is 9.36 Å². The van der Waals surface area contributed by atoms with Crippen molar-refractivity contribution in [2.24, 2.45) is 0 Å². The lowest BCUT2D eigenvalue weighted by molar-refractivity contribution is -0.123. The SMILES string of the molecule is CCOc1ccc(NC(=O)[C@H](C)OC(=O)c2cncn2-c2ccc(F)cc2)cc1. The molecule has 0 bridgehead atoms. The van der Waals surface area contributed by atoms with Crippen molar-refractivity contribution in [1.29, 1.82) is 0 Å². The van der Waals surface area contributed by atoms with E-state index in [4.69, 9.17) is 9.47 Å². The van der Waals surface area contributed by atoms with E-state index in [1.165, 1.54) is 48.3 Å². The summed E-state index contributed by atoms with van der Waals surface area (Å²) in [6, 6.07) is 12.4. The van der Waals surface area contributed by atoms with Crippen molar-refractivity contribution in [2.45, 2.75) is 20.0 Å². The second kappa shape index (κ2) is 9.01. The van der Waals surface area contributed by atoms with Crippen LogP contribution in [0.2, 0.25) is 0 Å². The fourth-order valence-electron chi connectivity index (χ4n) is 2.57. The first-order chi connectivity index (χ1) is 14.0. The van der Waals surface area contributed by atoms with E-state index >= 15 is 0 Å². The molecule has 0 saturated heterocycles. The van der Waals surface area contributed by atoms with Crippen molar-refractivity contribution < 1.29 is 23.5 Å². The number of hydrogen-bond donors (Lipinski definition) is 1. The number of benzene rings is 2. The molecule has 0 aliphatic rings. The number of carbonyl (C=O) groups excluding carboxylic acids is 2. The molecule has 1 amide bonds. The lowest BCUT2D eigenvalue weighted by Crippen LogP contribution is -2.30. The third-order valence-electron chi connectivity index (χ3n) is 4.04. The molecule has 0 aliphatic heterocycles. The van der Waals surface area contributed by atoms with Crippen molar-refractivity contribution in [1.82, 2.24) is 9.55 Å². The van der Waals surface area contributed by atoms with Gasteiger partial charge < -0.3 is 14.8 Å². The van der Waals surface area contributed by atoms with Gasteiger partial charge in [-0.15, -0.1) is 0 Å². The average molecular weight is 397 g/mol. The normalized spacial score (nSPS) is 11.6. The Morgan fingerprint density at radius 2 is 1.83 bits per heavy atom. The first kappa shape index (κ1) is 20.1. The van der Waals surface area contributed by atoms with Gasteiger partial charge in [0.05, 0.1) is 19.1 Å². The number of amides is 1. The molecule has 3 aromatic rings. The standard InChI is InChI=1S/C21H20FN3O4/c1-3-28-18-10-6-16(7-11-18)24-20(26)14(2)29-21(27)19-12-23-13-25(19)17-8-4-15(22)5-9-17/h4-14H,3H2,1-2H3,(H,24,26)/t14-/m0/s1. The summed E-state index contributed by atoms with van der Waals surface area (Å²) >= 11 is 0. The number of hydrogen-bond acceptors (Lipinski definition) is 5. The number of carbonyl (C=O) groups is 2. The van der Waals surface area contributed by atoms with Crippen LogP contribution >= 0.6 is 0 Å². The van der Waals surface area contributed by atoms with Gasteiger partial charge >= 0.3 is 5.97 Å². The number of esters is 1. The van der Waals surface area contributed by atoms with E-state index in [1.807, 2.05) is 6.92 Å². The van der Waals surface area contributed by atoms with Crippen LogP contribution in [0.15, 0.2) is 61.1 Å². The molecule has 150 valence electrons. The number of nitrogens with zero attached hydrogens (tertiary/aromatic N) is 2. The summed E-state index contributed by atoms with van der Waals surface area (Å²) in [6.45, 7) is 3.90. The number of nitrogens with one attached hydrogen (secondary N) is 1. The van der Waals surface area contributed by atoms with E-state index in [0.717, 1.165) is 0 Å². The Balaban J connectivity index is 1.64. The Bertz CT molecular complexity index is 984. The molecule has 1 N–H and O–H groups in total. The topological polar surface area (TPSA) is 82.4 Å². The zero-order valence-electron chi connectivity index (χ0n) is 16.0. The summed E-state index contributed by atoms with van der Waals surface area (Å²) in [6.07, 6.45) is 1.70. The molecule has 3 rings (SSSR count). The molecule has 0 spiro atoms. The molecule has 0 aliphatic carbocycles. The minimum absolute atomic E-state index is 0.123. The zero-order valence-corrected chi connectivity index (χ0v) is 16.0. The monoisotopic (exact) mass is 397 g/mol. The molecule has 0 radical (unpaired) electrons. The van der Waals surface area contributed by atoms with E-state index in [0.29, 0.717) is 23.7 Å². The molecular weight excluding hydrogens is 377 g/mol. The molecule has 0 fully saturated rings. The Kier molecular flexibility index (Phi) is 6.23. The number of imidazole rings is 1. The molecule has 0 saturated carbocycles. The van der Waals surface area contributed by atoms with Gasteiger partial charge in [0.1, 0.15) is 11.6 Å². The third-order valence-corrected chi connectivity index (χ3v) is 4.04. The van der Waals surface area contributed by atoms with Gasteiger partial charge in [0.2, 0.25) is 0 Å². The highest BCUT2D eigenvalue weighted by molar-refractivity contribution is 5.97. The van der Waals surface area contributed by atoms with Crippen LogP contribution in [0, 0.1) is 5.82 Å².